The summed E-state index contributed by atoms with van der Waals surface area (Å²) < 4.78 is 25.3. The summed E-state index contributed by atoms with van der Waals surface area (Å²) in [5, 5.41) is 5.07. The van der Waals surface area contributed by atoms with Crippen LogP contribution in [-0.2, 0) is 9.84 Å². The van der Waals surface area contributed by atoms with Crippen molar-refractivity contribution in [2.45, 2.75) is 9.92 Å². The maximum Gasteiger partial charge on any atom is 0.257 e. The van der Waals surface area contributed by atoms with Crippen LogP contribution in [0.3, 0.4) is 0 Å². The highest BCUT2D eigenvalue weighted by molar-refractivity contribution is 7.91. The third kappa shape index (κ3) is 4.51. The standard InChI is InChI=1S/C17H12ClN3O3S3/c18-13-15(27(23,24)12-9-5-2-6-10-12)20-17(26-13)21-16(25)19-14(22)11-7-3-1-4-8-11/h1-10H,(H2,19,20,21,22,25). The van der Waals surface area contributed by atoms with Crippen molar-refractivity contribution in [1.82, 2.24) is 10.3 Å². The molecule has 10 heteroatoms. The zero-order chi connectivity index (χ0) is 19.4. The summed E-state index contributed by atoms with van der Waals surface area (Å²) in [5.74, 6) is -0.395. The number of thiocarbonyl (C=S) groups is 1. The molecule has 27 heavy (non-hydrogen) atoms. The Labute approximate surface area is 170 Å². The summed E-state index contributed by atoms with van der Waals surface area (Å²) in [6.07, 6.45) is 0. The number of rotatable bonds is 4. The molecule has 1 heterocycles. The van der Waals surface area contributed by atoms with Crippen LogP contribution >= 0.6 is 35.2 Å². The van der Waals surface area contributed by atoms with Crippen LogP contribution < -0.4 is 10.6 Å². The van der Waals surface area contributed by atoms with Crippen LogP contribution in [-0.4, -0.2) is 24.4 Å². The van der Waals surface area contributed by atoms with Crippen molar-refractivity contribution in [2.24, 2.45) is 0 Å². The van der Waals surface area contributed by atoms with Gasteiger partial charge in [0.2, 0.25) is 9.84 Å². The number of halogens is 1. The minimum Gasteiger partial charge on any atom is -0.308 e. The highest BCUT2D eigenvalue weighted by atomic mass is 35.5. The van der Waals surface area contributed by atoms with E-state index in [1.807, 2.05) is 0 Å². The molecule has 138 valence electrons. The van der Waals surface area contributed by atoms with Gasteiger partial charge in [-0.05, 0) is 36.5 Å². The molecular weight excluding hydrogens is 426 g/mol. The minimum absolute atomic E-state index is 0.00135. The van der Waals surface area contributed by atoms with Gasteiger partial charge in [-0.2, -0.15) is 0 Å². The molecule has 0 aliphatic carbocycles. The molecule has 0 spiro atoms. The highest BCUT2D eigenvalue weighted by Gasteiger charge is 2.25. The van der Waals surface area contributed by atoms with E-state index < -0.39 is 15.7 Å². The summed E-state index contributed by atoms with van der Waals surface area (Å²) in [5.41, 5.74) is 0.436. The maximum atomic E-state index is 12.6. The number of anilines is 1. The van der Waals surface area contributed by atoms with Gasteiger partial charge in [-0.25, -0.2) is 13.4 Å². The third-order valence-corrected chi connectivity index (χ3v) is 6.66. The Balaban J connectivity index is 1.75. The van der Waals surface area contributed by atoms with E-state index in [1.54, 1.807) is 48.5 Å². The van der Waals surface area contributed by atoms with Crippen LogP contribution in [0.4, 0.5) is 5.13 Å². The molecule has 3 rings (SSSR count). The fourth-order valence-corrected chi connectivity index (χ4v) is 5.20. The van der Waals surface area contributed by atoms with Gasteiger partial charge >= 0.3 is 0 Å². The van der Waals surface area contributed by atoms with E-state index in [1.165, 1.54) is 12.1 Å². The van der Waals surface area contributed by atoms with Crippen molar-refractivity contribution in [3.8, 4) is 0 Å². The monoisotopic (exact) mass is 437 g/mol. The molecule has 2 N–H and O–H groups in total. The van der Waals surface area contributed by atoms with Gasteiger partial charge in [-0.15, -0.1) is 0 Å². The molecule has 0 bridgehead atoms. The number of thiazole rings is 1. The van der Waals surface area contributed by atoms with Crippen molar-refractivity contribution in [1.29, 1.82) is 0 Å². The smallest absolute Gasteiger partial charge is 0.257 e. The number of hydrogen-bond acceptors (Lipinski definition) is 6. The summed E-state index contributed by atoms with van der Waals surface area (Å²) in [4.78, 5) is 16.2. The Morgan fingerprint density at radius 3 is 2.26 bits per heavy atom. The van der Waals surface area contributed by atoms with E-state index in [9.17, 15) is 13.2 Å². The summed E-state index contributed by atoms with van der Waals surface area (Å²) in [6.45, 7) is 0. The SMILES string of the molecule is O=C(NC(=S)Nc1nc(S(=O)(=O)c2ccccc2)c(Cl)s1)c1ccccc1. The lowest BCUT2D eigenvalue weighted by molar-refractivity contribution is 0.0977. The molecule has 0 fully saturated rings. The molecular formula is C17H12ClN3O3S3. The highest BCUT2D eigenvalue weighted by Crippen LogP contribution is 2.34. The number of sulfone groups is 1. The van der Waals surface area contributed by atoms with Crippen LogP contribution in [0.2, 0.25) is 4.34 Å². The minimum atomic E-state index is -3.85. The number of aromatic nitrogens is 1. The van der Waals surface area contributed by atoms with E-state index in [-0.39, 0.29) is 24.5 Å². The largest absolute Gasteiger partial charge is 0.308 e. The molecule has 0 aliphatic rings. The molecule has 0 atom stereocenters. The Bertz CT molecular complexity index is 1080. The average molecular weight is 438 g/mol. The van der Waals surface area contributed by atoms with Crippen molar-refractivity contribution in [2.75, 3.05) is 5.32 Å². The second-order valence-electron chi connectivity index (χ2n) is 5.19. The molecule has 0 aliphatic heterocycles. The number of carbonyl (C=O) groups is 1. The quantitative estimate of drug-likeness (QED) is 0.604. The van der Waals surface area contributed by atoms with Crippen LogP contribution in [0.5, 0.6) is 0 Å². The van der Waals surface area contributed by atoms with Gasteiger partial charge in [0.15, 0.2) is 15.3 Å². The normalized spacial score (nSPS) is 11.0. The van der Waals surface area contributed by atoms with E-state index in [4.69, 9.17) is 23.8 Å². The first-order valence-electron chi connectivity index (χ1n) is 7.52. The summed E-state index contributed by atoms with van der Waals surface area (Å²) in [7, 11) is -3.85. The first kappa shape index (κ1) is 19.4. The van der Waals surface area contributed by atoms with Crippen LogP contribution in [0, 0.1) is 0 Å². The van der Waals surface area contributed by atoms with Gasteiger partial charge in [0.05, 0.1) is 4.90 Å². The molecule has 0 saturated heterocycles. The first-order valence-corrected chi connectivity index (χ1v) is 10.6. The second kappa shape index (κ2) is 8.13. The summed E-state index contributed by atoms with van der Waals surface area (Å²) >= 11 is 12.1. The van der Waals surface area contributed by atoms with E-state index in [0.29, 0.717) is 5.56 Å². The molecule has 6 nitrogen and oxygen atoms in total. The maximum absolute atomic E-state index is 12.6. The lowest BCUT2D eigenvalue weighted by Gasteiger charge is -2.07. The van der Waals surface area contributed by atoms with Crippen LogP contribution in [0.1, 0.15) is 10.4 Å². The van der Waals surface area contributed by atoms with Gasteiger partial charge in [0, 0.05) is 5.56 Å². The average Bonchev–Trinajstić information content (AvgIpc) is 3.04. The van der Waals surface area contributed by atoms with Crippen LogP contribution in [0.25, 0.3) is 0 Å². The molecule has 0 unspecified atom stereocenters. The van der Waals surface area contributed by atoms with Gasteiger partial charge in [0.1, 0.15) is 4.34 Å². The Hall–Kier alpha value is -2.33. The van der Waals surface area contributed by atoms with Crippen molar-refractivity contribution < 1.29 is 13.2 Å². The molecule has 0 saturated carbocycles. The number of hydrogen-bond donors (Lipinski definition) is 2. The predicted octanol–water partition coefficient (Wildman–Crippen LogP) is 3.76. The number of benzene rings is 2. The van der Waals surface area contributed by atoms with Crippen LogP contribution in [0.15, 0.2) is 70.6 Å². The zero-order valence-electron chi connectivity index (χ0n) is 13.5. The number of amides is 1. The number of nitrogens with zero attached hydrogens (tertiary/aromatic N) is 1. The molecule has 1 aromatic heterocycles. The molecule has 2 aromatic carbocycles. The Kier molecular flexibility index (Phi) is 5.85. The zero-order valence-corrected chi connectivity index (χ0v) is 16.8. The Morgan fingerprint density at radius 2 is 1.63 bits per heavy atom. The van der Waals surface area contributed by atoms with E-state index >= 15 is 0 Å². The van der Waals surface area contributed by atoms with Gasteiger partial charge in [0.25, 0.3) is 5.91 Å². The van der Waals surface area contributed by atoms with Gasteiger partial charge in [-0.1, -0.05) is 59.3 Å². The van der Waals surface area contributed by atoms with Gasteiger partial charge < -0.3 is 5.32 Å². The van der Waals surface area contributed by atoms with E-state index in [0.717, 1.165) is 11.3 Å². The lowest BCUT2D eigenvalue weighted by Crippen LogP contribution is -2.34. The molecule has 3 aromatic rings. The fourth-order valence-electron chi connectivity index (χ4n) is 2.11. The third-order valence-electron chi connectivity index (χ3n) is 3.35. The number of carbonyl (C=O) groups excluding carboxylic acids is 1. The molecule has 0 radical (unpaired) electrons. The Morgan fingerprint density at radius 1 is 1.04 bits per heavy atom. The number of nitrogens with one attached hydrogen (secondary N) is 2. The van der Waals surface area contributed by atoms with Crippen molar-refractivity contribution in [3.63, 3.8) is 0 Å². The second-order valence-corrected chi connectivity index (χ2v) is 9.06. The fraction of sp³-hybridized carbons (Fsp3) is 0. The lowest BCUT2D eigenvalue weighted by atomic mass is 10.2. The van der Waals surface area contributed by atoms with Crippen molar-refractivity contribution >= 4 is 61.1 Å². The van der Waals surface area contributed by atoms with E-state index in [2.05, 4.69) is 15.6 Å². The first-order chi connectivity index (χ1) is 12.9. The summed E-state index contributed by atoms with van der Waals surface area (Å²) in [6, 6.07) is 16.4. The molecule has 1 amide bonds. The predicted molar refractivity (Wildman–Crippen MR) is 109 cm³/mol. The topological polar surface area (TPSA) is 88.2 Å². The van der Waals surface area contributed by atoms with Crippen molar-refractivity contribution in [3.05, 3.63) is 70.6 Å². The van der Waals surface area contributed by atoms with Gasteiger partial charge in [-0.3, -0.25) is 10.1 Å².